The van der Waals surface area contributed by atoms with Crippen LogP contribution in [0.5, 0.6) is 0 Å². The second kappa shape index (κ2) is 6.37. The Morgan fingerprint density at radius 3 is 2.75 bits per heavy atom. The number of anilines is 1. The molecule has 1 aliphatic rings. The highest BCUT2D eigenvalue weighted by atomic mass is 16.5. The van der Waals surface area contributed by atoms with Crippen molar-refractivity contribution < 1.29 is 9.53 Å². The number of piperidine rings is 1. The van der Waals surface area contributed by atoms with Crippen molar-refractivity contribution in [1.82, 2.24) is 5.32 Å². The van der Waals surface area contributed by atoms with Crippen molar-refractivity contribution in [2.45, 2.75) is 38.3 Å². The molecule has 20 heavy (non-hydrogen) atoms. The molecule has 1 aromatic rings. The number of amides is 1. The number of ether oxygens (including phenoxy) is 1. The topological polar surface area (TPSA) is 41.6 Å². The lowest BCUT2D eigenvalue weighted by atomic mass is 9.88. The van der Waals surface area contributed by atoms with Crippen LogP contribution in [0.25, 0.3) is 0 Å². The predicted molar refractivity (Wildman–Crippen MR) is 80.9 cm³/mol. The third-order valence-corrected chi connectivity index (χ3v) is 4.16. The van der Waals surface area contributed by atoms with Crippen LogP contribution in [0.2, 0.25) is 0 Å². The van der Waals surface area contributed by atoms with Crippen LogP contribution in [0.15, 0.2) is 30.3 Å². The Hall–Kier alpha value is -1.39. The van der Waals surface area contributed by atoms with Gasteiger partial charge in [0, 0.05) is 25.8 Å². The van der Waals surface area contributed by atoms with Gasteiger partial charge < -0.3 is 15.0 Å². The molecular weight excluding hydrogens is 252 g/mol. The average molecular weight is 276 g/mol. The van der Waals surface area contributed by atoms with E-state index in [1.54, 1.807) is 7.11 Å². The second-order valence-corrected chi connectivity index (χ2v) is 5.45. The summed E-state index contributed by atoms with van der Waals surface area (Å²) in [6.07, 6.45) is 1.39. The summed E-state index contributed by atoms with van der Waals surface area (Å²) in [5.74, 6) is 0.145. The lowest BCUT2D eigenvalue weighted by Gasteiger charge is -2.46. The zero-order chi connectivity index (χ0) is 14.6. The number of nitrogens with one attached hydrogen (secondary N) is 1. The van der Waals surface area contributed by atoms with Gasteiger partial charge in [0.05, 0.1) is 11.6 Å². The van der Waals surface area contributed by atoms with Gasteiger partial charge in [-0.1, -0.05) is 25.1 Å². The van der Waals surface area contributed by atoms with Crippen LogP contribution >= 0.6 is 0 Å². The number of methoxy groups -OCH3 is 1. The Kier molecular flexibility index (Phi) is 4.78. The van der Waals surface area contributed by atoms with Crippen LogP contribution in [0.3, 0.4) is 0 Å². The van der Waals surface area contributed by atoms with Gasteiger partial charge in [0.25, 0.3) is 0 Å². The highest BCUT2D eigenvalue weighted by Gasteiger charge is 2.42. The molecule has 0 aliphatic carbocycles. The summed E-state index contributed by atoms with van der Waals surface area (Å²) in [7, 11) is 1.72. The van der Waals surface area contributed by atoms with Crippen molar-refractivity contribution in [1.29, 1.82) is 0 Å². The maximum absolute atomic E-state index is 12.5. The zero-order valence-electron chi connectivity index (χ0n) is 12.6. The van der Waals surface area contributed by atoms with Gasteiger partial charge in [-0.25, -0.2) is 0 Å². The van der Waals surface area contributed by atoms with E-state index < -0.39 is 0 Å². The molecule has 4 nitrogen and oxygen atoms in total. The minimum absolute atomic E-state index is 0.0589. The summed E-state index contributed by atoms with van der Waals surface area (Å²) in [4.78, 5) is 14.4. The first-order chi connectivity index (χ1) is 9.62. The highest BCUT2D eigenvalue weighted by molar-refractivity contribution is 5.94. The zero-order valence-corrected chi connectivity index (χ0v) is 12.6. The lowest BCUT2D eigenvalue weighted by Crippen LogP contribution is -2.62. The third-order valence-electron chi connectivity index (χ3n) is 4.16. The molecule has 4 heteroatoms. The van der Waals surface area contributed by atoms with Crippen LogP contribution in [-0.2, 0) is 9.53 Å². The van der Waals surface area contributed by atoms with E-state index in [4.69, 9.17) is 4.74 Å². The van der Waals surface area contributed by atoms with E-state index in [0.717, 1.165) is 25.2 Å². The second-order valence-electron chi connectivity index (χ2n) is 5.45. The van der Waals surface area contributed by atoms with Gasteiger partial charge >= 0.3 is 0 Å². The highest BCUT2D eigenvalue weighted by Crippen LogP contribution is 2.30. The first kappa shape index (κ1) is 15.0. The maximum atomic E-state index is 12.5. The van der Waals surface area contributed by atoms with Gasteiger partial charge in [0.1, 0.15) is 0 Å². The number of hydrogen-bond donors (Lipinski definition) is 1. The summed E-state index contributed by atoms with van der Waals surface area (Å²) in [5, 5.41) is 3.36. The van der Waals surface area contributed by atoms with Gasteiger partial charge in [-0.3, -0.25) is 4.79 Å². The first-order valence-corrected chi connectivity index (χ1v) is 7.25. The Labute approximate surface area is 121 Å². The number of nitrogens with zero attached hydrogens (tertiary/aromatic N) is 1. The Bertz CT molecular complexity index is 449. The summed E-state index contributed by atoms with van der Waals surface area (Å²) >= 11 is 0. The number of carbonyl (C=O) groups is 1. The Balaban J connectivity index is 2.38. The number of benzene rings is 1. The van der Waals surface area contributed by atoms with E-state index in [1.807, 2.05) is 42.2 Å². The monoisotopic (exact) mass is 276 g/mol. The molecule has 1 fully saturated rings. The van der Waals surface area contributed by atoms with E-state index in [1.165, 1.54) is 0 Å². The van der Waals surface area contributed by atoms with Crippen molar-refractivity contribution in [2.75, 3.05) is 25.1 Å². The molecule has 0 spiro atoms. The molecule has 1 saturated heterocycles. The number of rotatable bonds is 4. The Morgan fingerprint density at radius 1 is 1.45 bits per heavy atom. The van der Waals surface area contributed by atoms with Gasteiger partial charge in [-0.15, -0.1) is 0 Å². The van der Waals surface area contributed by atoms with Crippen LogP contribution in [0.4, 0.5) is 5.69 Å². The smallest absolute Gasteiger partial charge is 0.227 e. The predicted octanol–water partition coefficient (Wildman–Crippen LogP) is 2.20. The van der Waals surface area contributed by atoms with Gasteiger partial charge in [0.15, 0.2) is 0 Å². The van der Waals surface area contributed by atoms with Gasteiger partial charge in [0.2, 0.25) is 5.91 Å². The van der Waals surface area contributed by atoms with E-state index in [2.05, 4.69) is 12.2 Å². The van der Waals surface area contributed by atoms with Crippen molar-refractivity contribution in [3.8, 4) is 0 Å². The lowest BCUT2D eigenvalue weighted by molar-refractivity contribution is -0.121. The molecule has 110 valence electrons. The van der Waals surface area contributed by atoms with Gasteiger partial charge in [-0.2, -0.15) is 0 Å². The number of hydrogen-bond acceptors (Lipinski definition) is 3. The third kappa shape index (κ3) is 2.86. The molecule has 1 amide bonds. The molecule has 0 unspecified atom stereocenters. The van der Waals surface area contributed by atoms with Crippen molar-refractivity contribution >= 4 is 11.6 Å². The quantitative estimate of drug-likeness (QED) is 0.916. The minimum atomic E-state index is -0.362. The molecule has 2 rings (SSSR count). The molecule has 0 saturated carbocycles. The maximum Gasteiger partial charge on any atom is 0.227 e. The van der Waals surface area contributed by atoms with Gasteiger partial charge in [-0.05, 0) is 32.0 Å². The molecule has 0 radical (unpaired) electrons. The van der Waals surface area contributed by atoms with Crippen molar-refractivity contribution in [2.24, 2.45) is 0 Å². The van der Waals surface area contributed by atoms with Crippen LogP contribution in [0.1, 0.15) is 26.7 Å². The molecule has 2 atom stereocenters. The van der Waals surface area contributed by atoms with Crippen molar-refractivity contribution in [3.63, 3.8) is 0 Å². The number of para-hydroxylation sites is 1. The van der Waals surface area contributed by atoms with Crippen LogP contribution in [0, 0.1) is 0 Å². The summed E-state index contributed by atoms with van der Waals surface area (Å²) < 4.78 is 5.73. The van der Waals surface area contributed by atoms with Crippen LogP contribution < -0.4 is 10.2 Å². The fraction of sp³-hybridized carbons (Fsp3) is 0.562. The van der Waals surface area contributed by atoms with E-state index in [9.17, 15) is 4.79 Å². The minimum Gasteiger partial charge on any atom is -0.375 e. The molecule has 0 bridgehead atoms. The van der Waals surface area contributed by atoms with E-state index >= 15 is 0 Å². The first-order valence-electron chi connectivity index (χ1n) is 7.25. The molecule has 1 heterocycles. The SMILES string of the molecule is CCC(=O)N(c1ccccc1)[C@@H]1CCNC[C@@]1(C)OC. The van der Waals surface area contributed by atoms with Crippen molar-refractivity contribution in [3.05, 3.63) is 30.3 Å². The molecule has 1 N–H and O–H groups in total. The summed E-state index contributed by atoms with van der Waals surface area (Å²) in [6, 6.07) is 9.95. The Morgan fingerprint density at radius 2 is 2.15 bits per heavy atom. The fourth-order valence-electron chi connectivity index (χ4n) is 2.87. The standard InChI is InChI=1S/C16H24N2O2/c1-4-15(19)18(13-8-6-5-7-9-13)14-10-11-17-12-16(14,2)20-3/h5-9,14,17H,4,10-12H2,1-3H3/t14-,16-/m1/s1. The summed E-state index contributed by atoms with van der Waals surface area (Å²) in [5.41, 5.74) is 0.591. The molecule has 1 aromatic carbocycles. The summed E-state index contributed by atoms with van der Waals surface area (Å²) in [6.45, 7) is 5.64. The normalized spacial score (nSPS) is 26.2. The largest absolute Gasteiger partial charge is 0.375 e. The average Bonchev–Trinajstić information content (AvgIpc) is 2.50. The molecule has 1 aliphatic heterocycles. The van der Waals surface area contributed by atoms with Crippen LogP contribution in [-0.4, -0.2) is 37.7 Å². The number of carbonyl (C=O) groups excluding carboxylic acids is 1. The van der Waals surface area contributed by atoms with E-state index in [-0.39, 0.29) is 17.6 Å². The molecular formula is C16H24N2O2. The van der Waals surface area contributed by atoms with E-state index in [0.29, 0.717) is 6.42 Å². The molecule has 0 aromatic heterocycles. The fourth-order valence-corrected chi connectivity index (χ4v) is 2.87.